The van der Waals surface area contributed by atoms with E-state index in [0.717, 1.165) is 16.7 Å². The van der Waals surface area contributed by atoms with Crippen LogP contribution in [0.5, 0.6) is 0 Å². The summed E-state index contributed by atoms with van der Waals surface area (Å²) < 4.78 is 16.3. The number of benzene rings is 1. The van der Waals surface area contributed by atoms with Crippen molar-refractivity contribution in [2.24, 2.45) is 0 Å². The van der Waals surface area contributed by atoms with Gasteiger partial charge in [-0.25, -0.2) is 0 Å². The summed E-state index contributed by atoms with van der Waals surface area (Å²) in [4.78, 5) is 0. The van der Waals surface area contributed by atoms with Crippen molar-refractivity contribution in [1.82, 2.24) is 5.32 Å². The Morgan fingerprint density at radius 2 is 1.79 bits per heavy atom. The average molecular weight is 263 g/mol. The Kier molecular flexibility index (Phi) is 4.58. The van der Waals surface area contributed by atoms with Gasteiger partial charge in [0.15, 0.2) is 6.29 Å². The molecule has 2 aromatic rings. The zero-order valence-corrected chi connectivity index (χ0v) is 11.8. The van der Waals surface area contributed by atoms with Gasteiger partial charge in [-0.2, -0.15) is 0 Å². The van der Waals surface area contributed by atoms with Crippen molar-refractivity contribution in [3.63, 3.8) is 0 Å². The minimum absolute atomic E-state index is 0.0678. The summed E-state index contributed by atoms with van der Waals surface area (Å²) in [6.45, 7) is 4.09. The van der Waals surface area contributed by atoms with Gasteiger partial charge in [0, 0.05) is 19.6 Å². The van der Waals surface area contributed by atoms with Crippen LogP contribution in [0.1, 0.15) is 25.6 Å². The molecule has 2 atom stereocenters. The Bertz CT molecular complexity index is 486. The summed E-state index contributed by atoms with van der Waals surface area (Å²) in [7, 11) is 3.27. The third-order valence-corrected chi connectivity index (χ3v) is 3.26. The molecule has 2 unspecified atom stereocenters. The van der Waals surface area contributed by atoms with Gasteiger partial charge in [-0.1, -0.05) is 18.2 Å². The number of furan rings is 1. The molecule has 1 aromatic heterocycles. The topological polar surface area (TPSA) is 43.6 Å². The highest BCUT2D eigenvalue weighted by Crippen LogP contribution is 2.24. The molecule has 1 aromatic carbocycles. The van der Waals surface area contributed by atoms with Crippen molar-refractivity contribution in [2.75, 3.05) is 14.2 Å². The molecule has 1 N–H and O–H groups in total. The first kappa shape index (κ1) is 14.1. The number of hydrogen-bond donors (Lipinski definition) is 1. The van der Waals surface area contributed by atoms with Crippen LogP contribution in [0.3, 0.4) is 0 Å². The highest BCUT2D eigenvalue weighted by molar-refractivity contribution is 5.77. The summed E-state index contributed by atoms with van der Waals surface area (Å²) in [5.74, 6) is 0.916. The molecule has 0 aliphatic rings. The average Bonchev–Trinajstić information content (AvgIpc) is 2.84. The molecular formula is C15H21NO3. The number of ether oxygens (including phenoxy) is 2. The fourth-order valence-corrected chi connectivity index (χ4v) is 2.28. The van der Waals surface area contributed by atoms with E-state index in [0.29, 0.717) is 0 Å². The monoisotopic (exact) mass is 263 g/mol. The molecule has 0 aliphatic carbocycles. The van der Waals surface area contributed by atoms with Gasteiger partial charge in [-0.3, -0.25) is 0 Å². The van der Waals surface area contributed by atoms with Crippen LogP contribution >= 0.6 is 0 Å². The molecule has 0 spiro atoms. The molecule has 4 heteroatoms. The third kappa shape index (κ3) is 3.15. The molecule has 1 heterocycles. The van der Waals surface area contributed by atoms with E-state index in [-0.39, 0.29) is 18.4 Å². The van der Waals surface area contributed by atoms with Crippen LogP contribution in [-0.4, -0.2) is 26.6 Å². The summed E-state index contributed by atoms with van der Waals surface area (Å²) in [6.07, 6.45) is -0.271. The smallest absolute Gasteiger partial charge is 0.171 e. The van der Waals surface area contributed by atoms with Crippen molar-refractivity contribution in [1.29, 1.82) is 0 Å². The van der Waals surface area contributed by atoms with E-state index in [1.54, 1.807) is 14.2 Å². The predicted octanol–water partition coefficient (Wildman–Crippen LogP) is 3.09. The van der Waals surface area contributed by atoms with E-state index in [1.165, 1.54) is 0 Å². The SMILES string of the molecule is COC(OC)C(C)NC(C)c1cc2ccccc2o1. The maximum atomic E-state index is 5.83. The van der Waals surface area contributed by atoms with Crippen molar-refractivity contribution < 1.29 is 13.9 Å². The molecule has 0 aliphatic heterocycles. The standard InChI is InChI=1S/C15H21NO3/c1-10(16-11(2)15(17-3)18-4)14-9-12-7-5-6-8-13(12)19-14/h5-11,15-16H,1-4H3. The predicted molar refractivity (Wildman–Crippen MR) is 75.0 cm³/mol. The molecule has 19 heavy (non-hydrogen) atoms. The third-order valence-electron chi connectivity index (χ3n) is 3.26. The van der Waals surface area contributed by atoms with Crippen LogP contribution in [0, 0.1) is 0 Å². The Labute approximate surface area is 113 Å². The minimum atomic E-state index is -0.271. The fraction of sp³-hybridized carbons (Fsp3) is 0.467. The van der Waals surface area contributed by atoms with Crippen LogP contribution in [-0.2, 0) is 9.47 Å². The number of nitrogens with one attached hydrogen (secondary N) is 1. The number of methoxy groups -OCH3 is 2. The second-order valence-corrected chi connectivity index (χ2v) is 4.70. The number of hydrogen-bond acceptors (Lipinski definition) is 4. The summed E-state index contributed by atoms with van der Waals surface area (Å²) in [6, 6.07) is 10.2. The lowest BCUT2D eigenvalue weighted by Gasteiger charge is -2.24. The molecule has 2 rings (SSSR count). The minimum Gasteiger partial charge on any atom is -0.459 e. The van der Waals surface area contributed by atoms with Gasteiger partial charge < -0.3 is 19.2 Å². The van der Waals surface area contributed by atoms with Crippen molar-refractivity contribution >= 4 is 11.0 Å². The maximum absolute atomic E-state index is 5.83. The molecule has 0 bridgehead atoms. The molecule has 104 valence electrons. The van der Waals surface area contributed by atoms with Crippen molar-refractivity contribution in [3.8, 4) is 0 Å². The number of para-hydroxylation sites is 1. The van der Waals surface area contributed by atoms with E-state index >= 15 is 0 Å². The van der Waals surface area contributed by atoms with Gasteiger partial charge in [0.2, 0.25) is 0 Å². The quantitative estimate of drug-likeness (QED) is 0.813. The Balaban J connectivity index is 2.08. The van der Waals surface area contributed by atoms with E-state index in [2.05, 4.69) is 18.3 Å². The molecule has 0 saturated carbocycles. The Morgan fingerprint density at radius 3 is 2.42 bits per heavy atom. The molecule has 0 radical (unpaired) electrons. The Hall–Kier alpha value is -1.36. The van der Waals surface area contributed by atoms with Gasteiger partial charge in [0.25, 0.3) is 0 Å². The first-order chi connectivity index (χ1) is 9.15. The molecule has 0 fully saturated rings. The fourth-order valence-electron chi connectivity index (χ4n) is 2.28. The number of fused-ring (bicyclic) bond motifs is 1. The molecule has 0 saturated heterocycles. The normalized spacial score (nSPS) is 15.0. The van der Waals surface area contributed by atoms with E-state index < -0.39 is 0 Å². The lowest BCUT2D eigenvalue weighted by molar-refractivity contribution is -0.121. The van der Waals surface area contributed by atoms with E-state index in [4.69, 9.17) is 13.9 Å². The summed E-state index contributed by atoms with van der Waals surface area (Å²) >= 11 is 0. The van der Waals surface area contributed by atoms with Crippen LogP contribution in [0.4, 0.5) is 0 Å². The molecule has 4 nitrogen and oxygen atoms in total. The lowest BCUT2D eigenvalue weighted by atomic mass is 10.2. The van der Waals surface area contributed by atoms with E-state index in [1.807, 2.05) is 31.2 Å². The maximum Gasteiger partial charge on any atom is 0.171 e. The largest absolute Gasteiger partial charge is 0.459 e. The van der Waals surface area contributed by atoms with Gasteiger partial charge in [-0.15, -0.1) is 0 Å². The van der Waals surface area contributed by atoms with E-state index in [9.17, 15) is 0 Å². The van der Waals surface area contributed by atoms with Gasteiger partial charge in [0.05, 0.1) is 12.1 Å². The van der Waals surface area contributed by atoms with Gasteiger partial charge in [0.1, 0.15) is 11.3 Å². The van der Waals surface area contributed by atoms with Crippen LogP contribution in [0.2, 0.25) is 0 Å². The first-order valence-corrected chi connectivity index (χ1v) is 6.45. The second-order valence-electron chi connectivity index (χ2n) is 4.70. The highest BCUT2D eigenvalue weighted by atomic mass is 16.7. The van der Waals surface area contributed by atoms with Crippen molar-refractivity contribution in [2.45, 2.75) is 32.2 Å². The summed E-state index contributed by atoms with van der Waals surface area (Å²) in [5.41, 5.74) is 0.911. The zero-order valence-electron chi connectivity index (χ0n) is 11.8. The highest BCUT2D eigenvalue weighted by Gasteiger charge is 2.20. The second kappa shape index (κ2) is 6.19. The lowest BCUT2D eigenvalue weighted by Crippen LogP contribution is -2.40. The number of rotatable bonds is 6. The van der Waals surface area contributed by atoms with Crippen LogP contribution < -0.4 is 5.32 Å². The van der Waals surface area contributed by atoms with Crippen LogP contribution in [0.15, 0.2) is 34.7 Å². The van der Waals surface area contributed by atoms with Gasteiger partial charge in [-0.05, 0) is 26.0 Å². The van der Waals surface area contributed by atoms with Crippen LogP contribution in [0.25, 0.3) is 11.0 Å². The van der Waals surface area contributed by atoms with Gasteiger partial charge >= 0.3 is 0 Å². The summed E-state index contributed by atoms with van der Waals surface area (Å²) in [5, 5.41) is 4.53. The molecular weight excluding hydrogens is 242 g/mol. The van der Waals surface area contributed by atoms with Crippen molar-refractivity contribution in [3.05, 3.63) is 36.1 Å². The molecule has 0 amide bonds. The first-order valence-electron chi connectivity index (χ1n) is 6.45. The zero-order chi connectivity index (χ0) is 13.8. The Morgan fingerprint density at radius 1 is 1.11 bits per heavy atom.